The fourth-order valence-electron chi connectivity index (χ4n) is 3.88. The van der Waals surface area contributed by atoms with E-state index in [4.69, 9.17) is 14.2 Å². The topological polar surface area (TPSA) is 30.9 Å². The highest BCUT2D eigenvalue weighted by molar-refractivity contribution is 5.86. The molecule has 0 N–H and O–H groups in total. The van der Waals surface area contributed by atoms with Crippen LogP contribution in [0, 0.1) is 0 Å². The van der Waals surface area contributed by atoms with Crippen molar-refractivity contribution in [1.82, 2.24) is 4.90 Å². The third-order valence-corrected chi connectivity index (χ3v) is 5.52. The van der Waals surface area contributed by atoms with Crippen LogP contribution in [-0.2, 0) is 6.54 Å². The number of benzene rings is 2. The Morgan fingerprint density at radius 3 is 2.64 bits per heavy atom. The number of unbranched alkanes of at least 4 members (excludes halogenated alkanes) is 3. The van der Waals surface area contributed by atoms with Crippen LogP contribution in [0.5, 0.6) is 17.2 Å². The molecule has 0 saturated carbocycles. The van der Waals surface area contributed by atoms with Crippen molar-refractivity contribution in [1.29, 1.82) is 0 Å². The summed E-state index contributed by atoms with van der Waals surface area (Å²) in [7, 11) is 1.69. The van der Waals surface area contributed by atoms with Crippen LogP contribution < -0.4 is 14.2 Å². The predicted molar refractivity (Wildman–Crippen MR) is 113 cm³/mol. The van der Waals surface area contributed by atoms with E-state index in [2.05, 4.69) is 42.2 Å². The van der Waals surface area contributed by atoms with Crippen molar-refractivity contribution < 1.29 is 14.2 Å². The van der Waals surface area contributed by atoms with Crippen LogP contribution in [0.2, 0.25) is 0 Å². The molecule has 2 heterocycles. The van der Waals surface area contributed by atoms with E-state index < -0.39 is 0 Å². The maximum atomic E-state index is 6.23. The number of methoxy groups -OCH3 is 1. The lowest BCUT2D eigenvalue weighted by Gasteiger charge is -2.32. The molecule has 4 rings (SSSR count). The second-order valence-corrected chi connectivity index (χ2v) is 7.53. The van der Waals surface area contributed by atoms with Crippen LogP contribution >= 0.6 is 0 Å². The minimum Gasteiger partial charge on any atom is -0.497 e. The van der Waals surface area contributed by atoms with Crippen molar-refractivity contribution in [3.05, 3.63) is 53.1 Å². The largest absolute Gasteiger partial charge is 0.497 e. The first-order valence-corrected chi connectivity index (χ1v) is 10.3. The molecule has 0 fully saturated rings. The molecule has 2 aliphatic rings. The van der Waals surface area contributed by atoms with Gasteiger partial charge in [0.05, 0.1) is 12.7 Å². The third-order valence-electron chi connectivity index (χ3n) is 5.52. The Morgan fingerprint density at radius 1 is 1.00 bits per heavy atom. The van der Waals surface area contributed by atoms with Gasteiger partial charge in [-0.15, -0.1) is 0 Å². The molecule has 0 saturated heterocycles. The zero-order chi connectivity index (χ0) is 19.3. The molecule has 2 aromatic carbocycles. The molecular formula is C24H29NO3. The van der Waals surface area contributed by atoms with Crippen LogP contribution in [0.4, 0.5) is 0 Å². The van der Waals surface area contributed by atoms with E-state index in [9.17, 15) is 0 Å². The van der Waals surface area contributed by atoms with Gasteiger partial charge in [-0.3, -0.25) is 4.90 Å². The Hall–Kier alpha value is -2.46. The maximum Gasteiger partial charge on any atom is 0.142 e. The van der Waals surface area contributed by atoms with Crippen molar-refractivity contribution in [2.75, 3.05) is 27.0 Å². The Bertz CT molecular complexity index is 842. The van der Waals surface area contributed by atoms with Crippen molar-refractivity contribution in [2.24, 2.45) is 0 Å². The molecule has 148 valence electrons. The Kier molecular flexibility index (Phi) is 5.87. The first kappa shape index (κ1) is 18.9. The van der Waals surface area contributed by atoms with E-state index in [0.717, 1.165) is 41.5 Å². The fourth-order valence-corrected chi connectivity index (χ4v) is 3.88. The summed E-state index contributed by atoms with van der Waals surface area (Å²) in [5.74, 6) is 2.81. The summed E-state index contributed by atoms with van der Waals surface area (Å²) in [6.07, 6.45) is 7.33. The highest BCUT2D eigenvalue weighted by Crippen LogP contribution is 2.40. The van der Waals surface area contributed by atoms with Crippen molar-refractivity contribution >= 4 is 11.6 Å². The molecule has 4 heteroatoms. The van der Waals surface area contributed by atoms with Gasteiger partial charge in [0.25, 0.3) is 0 Å². The predicted octanol–water partition coefficient (Wildman–Crippen LogP) is 5.36. The molecule has 2 aliphatic heterocycles. The average molecular weight is 380 g/mol. The van der Waals surface area contributed by atoms with Crippen molar-refractivity contribution in [3.8, 4) is 17.2 Å². The summed E-state index contributed by atoms with van der Waals surface area (Å²) >= 11 is 0. The van der Waals surface area contributed by atoms with Crippen molar-refractivity contribution in [3.63, 3.8) is 0 Å². The van der Waals surface area contributed by atoms with Gasteiger partial charge in [0.1, 0.15) is 30.6 Å². The lowest BCUT2D eigenvalue weighted by molar-refractivity contribution is 0.0913. The van der Waals surface area contributed by atoms with Gasteiger partial charge >= 0.3 is 0 Å². The van der Waals surface area contributed by atoms with E-state index in [0.29, 0.717) is 13.3 Å². The highest BCUT2D eigenvalue weighted by Gasteiger charge is 2.25. The van der Waals surface area contributed by atoms with E-state index >= 15 is 0 Å². The lowest BCUT2D eigenvalue weighted by Crippen LogP contribution is -2.33. The molecule has 0 atom stereocenters. The molecule has 0 radical (unpaired) electrons. The molecule has 0 aliphatic carbocycles. The number of nitrogens with zero attached hydrogens (tertiary/aromatic N) is 1. The monoisotopic (exact) mass is 379 g/mol. The summed E-state index contributed by atoms with van der Waals surface area (Å²) in [4.78, 5) is 2.38. The normalized spacial score (nSPS) is 15.7. The zero-order valence-electron chi connectivity index (χ0n) is 16.9. The summed E-state index contributed by atoms with van der Waals surface area (Å²) in [6, 6.07) is 12.3. The van der Waals surface area contributed by atoms with Gasteiger partial charge in [-0.05, 0) is 47.9 Å². The minimum atomic E-state index is 0.576. The van der Waals surface area contributed by atoms with E-state index in [1.807, 2.05) is 12.1 Å². The Morgan fingerprint density at radius 2 is 1.86 bits per heavy atom. The van der Waals surface area contributed by atoms with Crippen LogP contribution in [0.1, 0.15) is 49.3 Å². The average Bonchev–Trinajstić information content (AvgIpc) is 2.76. The minimum absolute atomic E-state index is 0.576. The van der Waals surface area contributed by atoms with Crippen LogP contribution in [0.15, 0.2) is 36.4 Å². The van der Waals surface area contributed by atoms with Crippen molar-refractivity contribution in [2.45, 2.75) is 39.2 Å². The van der Waals surface area contributed by atoms with Gasteiger partial charge in [-0.2, -0.15) is 0 Å². The maximum absolute atomic E-state index is 6.23. The second kappa shape index (κ2) is 8.70. The third kappa shape index (κ3) is 4.02. The first-order chi connectivity index (χ1) is 13.8. The van der Waals surface area contributed by atoms with Crippen LogP contribution in [0.25, 0.3) is 11.6 Å². The van der Waals surface area contributed by atoms with Gasteiger partial charge in [0.15, 0.2) is 0 Å². The van der Waals surface area contributed by atoms with Crippen LogP contribution in [0.3, 0.4) is 0 Å². The fraction of sp³-hybridized carbons (Fsp3) is 0.417. The van der Waals surface area contributed by atoms with E-state index in [1.165, 1.54) is 36.8 Å². The molecular weight excluding hydrogens is 350 g/mol. The van der Waals surface area contributed by atoms with Gasteiger partial charge in [0, 0.05) is 18.7 Å². The SMILES string of the molecule is CCCCCCN1COc2ccc3c(c2C1)OCC(c1ccc(OC)cc1)=C3. The molecule has 0 bridgehead atoms. The smallest absolute Gasteiger partial charge is 0.142 e. The Labute approximate surface area is 167 Å². The highest BCUT2D eigenvalue weighted by atomic mass is 16.5. The molecule has 2 aromatic rings. The van der Waals surface area contributed by atoms with Gasteiger partial charge in [0.2, 0.25) is 0 Å². The van der Waals surface area contributed by atoms with Gasteiger partial charge in [-0.1, -0.05) is 38.3 Å². The van der Waals surface area contributed by atoms with E-state index in [-0.39, 0.29) is 0 Å². The lowest BCUT2D eigenvalue weighted by atomic mass is 9.98. The first-order valence-electron chi connectivity index (χ1n) is 10.3. The number of fused-ring (bicyclic) bond motifs is 3. The molecule has 0 spiro atoms. The summed E-state index contributed by atoms with van der Waals surface area (Å²) < 4.78 is 17.5. The quantitative estimate of drug-likeness (QED) is 0.606. The van der Waals surface area contributed by atoms with Gasteiger partial charge < -0.3 is 14.2 Å². The standard InChI is InChI=1S/C24H29NO3/c1-3-4-5-6-13-25-15-22-23(28-17-25)12-9-19-14-20(16-27-24(19)22)18-7-10-21(26-2)11-8-18/h7-12,14H,3-6,13,15-17H2,1-2H3. The number of ether oxygens (including phenoxy) is 3. The molecule has 0 unspecified atom stereocenters. The molecule has 0 aromatic heterocycles. The molecule has 4 nitrogen and oxygen atoms in total. The summed E-state index contributed by atoms with van der Waals surface area (Å²) in [5, 5.41) is 0. The van der Waals surface area contributed by atoms with Crippen LogP contribution in [-0.4, -0.2) is 31.9 Å². The van der Waals surface area contributed by atoms with E-state index in [1.54, 1.807) is 7.11 Å². The van der Waals surface area contributed by atoms with Gasteiger partial charge in [-0.25, -0.2) is 0 Å². The second-order valence-electron chi connectivity index (χ2n) is 7.53. The number of hydrogen-bond donors (Lipinski definition) is 0. The summed E-state index contributed by atoms with van der Waals surface area (Å²) in [5.41, 5.74) is 4.66. The molecule has 28 heavy (non-hydrogen) atoms. The summed E-state index contributed by atoms with van der Waals surface area (Å²) in [6.45, 7) is 5.47. The molecule has 0 amide bonds. The number of hydrogen-bond acceptors (Lipinski definition) is 4. The Balaban J connectivity index is 1.52. The number of rotatable bonds is 7. The zero-order valence-corrected chi connectivity index (χ0v) is 16.9.